The third kappa shape index (κ3) is 4.12. The molecule has 7 heteroatoms. The highest BCUT2D eigenvalue weighted by atomic mass is 19.3. The first kappa shape index (κ1) is 14.6. The van der Waals surface area contributed by atoms with Crippen LogP contribution < -0.4 is 15.4 Å². The smallest absolute Gasteiger partial charge is 0.387 e. The number of nitrogens with one attached hydrogen (secondary N) is 2. The highest BCUT2D eigenvalue weighted by Gasteiger charge is 2.19. The Morgan fingerprint density at radius 1 is 1.50 bits per heavy atom. The Morgan fingerprint density at radius 3 is 2.95 bits per heavy atom. The highest BCUT2D eigenvalue weighted by Crippen LogP contribution is 2.27. The lowest BCUT2D eigenvalue weighted by molar-refractivity contribution is -0.116. The zero-order chi connectivity index (χ0) is 14.5. The Bertz CT molecular complexity index is 477. The molecular formula is C13H15F3N2O2. The van der Waals surface area contributed by atoms with Crippen molar-refractivity contribution in [1.82, 2.24) is 5.32 Å². The van der Waals surface area contributed by atoms with E-state index in [9.17, 15) is 18.0 Å². The molecule has 0 saturated carbocycles. The van der Waals surface area contributed by atoms with Gasteiger partial charge in [-0.1, -0.05) is 0 Å². The molecular weight excluding hydrogens is 273 g/mol. The highest BCUT2D eigenvalue weighted by molar-refractivity contribution is 5.92. The zero-order valence-electron chi connectivity index (χ0n) is 10.7. The number of benzene rings is 1. The van der Waals surface area contributed by atoms with Crippen LogP contribution in [0.4, 0.5) is 18.9 Å². The molecule has 0 aliphatic carbocycles. The lowest BCUT2D eigenvalue weighted by atomic mass is 10.1. The predicted molar refractivity (Wildman–Crippen MR) is 67.3 cm³/mol. The van der Waals surface area contributed by atoms with E-state index >= 15 is 0 Å². The molecule has 0 bridgehead atoms. The second-order valence-electron chi connectivity index (χ2n) is 4.56. The van der Waals surface area contributed by atoms with Crippen LogP contribution in [-0.4, -0.2) is 25.1 Å². The van der Waals surface area contributed by atoms with Crippen molar-refractivity contribution in [2.75, 3.05) is 11.9 Å². The van der Waals surface area contributed by atoms with E-state index in [2.05, 4.69) is 15.4 Å². The molecule has 0 radical (unpaired) electrons. The van der Waals surface area contributed by atoms with Gasteiger partial charge in [-0.25, -0.2) is 4.39 Å². The monoisotopic (exact) mass is 288 g/mol. The number of ether oxygens (including phenoxy) is 1. The van der Waals surface area contributed by atoms with E-state index < -0.39 is 12.4 Å². The number of carbonyl (C=O) groups is 1. The van der Waals surface area contributed by atoms with E-state index in [1.807, 2.05) is 0 Å². The average Bonchev–Trinajstić information content (AvgIpc) is 2.84. The van der Waals surface area contributed by atoms with Gasteiger partial charge in [0.2, 0.25) is 5.91 Å². The van der Waals surface area contributed by atoms with Gasteiger partial charge in [-0.15, -0.1) is 0 Å². The van der Waals surface area contributed by atoms with Gasteiger partial charge in [-0.05, 0) is 31.5 Å². The molecule has 1 fully saturated rings. The summed E-state index contributed by atoms with van der Waals surface area (Å²) in [4.78, 5) is 11.8. The summed E-state index contributed by atoms with van der Waals surface area (Å²) < 4.78 is 41.7. The first-order chi connectivity index (χ1) is 9.54. The fourth-order valence-corrected chi connectivity index (χ4v) is 2.15. The molecule has 1 aliphatic heterocycles. The van der Waals surface area contributed by atoms with Gasteiger partial charge < -0.3 is 15.4 Å². The van der Waals surface area contributed by atoms with Crippen LogP contribution in [0.2, 0.25) is 0 Å². The van der Waals surface area contributed by atoms with Crippen LogP contribution >= 0.6 is 0 Å². The summed E-state index contributed by atoms with van der Waals surface area (Å²) in [5, 5.41) is 5.62. The molecule has 4 nitrogen and oxygen atoms in total. The van der Waals surface area contributed by atoms with E-state index in [0.29, 0.717) is 0 Å². The van der Waals surface area contributed by atoms with Crippen LogP contribution in [0.15, 0.2) is 18.2 Å². The van der Waals surface area contributed by atoms with Crippen LogP contribution in [0.25, 0.3) is 0 Å². The Kier molecular flexibility index (Phi) is 4.84. The summed E-state index contributed by atoms with van der Waals surface area (Å²) in [6.07, 6.45) is 2.15. The van der Waals surface area contributed by atoms with Crippen molar-refractivity contribution in [3.05, 3.63) is 24.0 Å². The van der Waals surface area contributed by atoms with Gasteiger partial charge in [0.25, 0.3) is 0 Å². The second-order valence-corrected chi connectivity index (χ2v) is 4.56. The van der Waals surface area contributed by atoms with Crippen LogP contribution in [0.3, 0.4) is 0 Å². The number of anilines is 1. The molecule has 2 rings (SSSR count). The number of rotatable bonds is 5. The lowest BCUT2D eigenvalue weighted by Gasteiger charge is -2.14. The van der Waals surface area contributed by atoms with Gasteiger partial charge in [-0.3, -0.25) is 4.79 Å². The third-order valence-corrected chi connectivity index (χ3v) is 3.03. The van der Waals surface area contributed by atoms with E-state index in [0.717, 1.165) is 31.5 Å². The normalized spacial score (nSPS) is 18.3. The fourth-order valence-electron chi connectivity index (χ4n) is 2.15. The quantitative estimate of drug-likeness (QED) is 0.875. The van der Waals surface area contributed by atoms with Gasteiger partial charge in [0, 0.05) is 18.5 Å². The molecule has 110 valence electrons. The Morgan fingerprint density at radius 2 is 2.30 bits per heavy atom. The number of hydrogen-bond acceptors (Lipinski definition) is 3. The summed E-state index contributed by atoms with van der Waals surface area (Å²) in [7, 11) is 0. The molecule has 20 heavy (non-hydrogen) atoms. The largest absolute Gasteiger partial charge is 0.432 e. The second kappa shape index (κ2) is 6.60. The Labute approximate surface area is 114 Å². The lowest BCUT2D eigenvalue weighted by Crippen LogP contribution is -2.27. The van der Waals surface area contributed by atoms with Crippen molar-refractivity contribution >= 4 is 11.6 Å². The zero-order valence-corrected chi connectivity index (χ0v) is 10.7. The fraction of sp³-hybridized carbons (Fsp3) is 0.462. The van der Waals surface area contributed by atoms with Gasteiger partial charge in [0.05, 0.1) is 5.69 Å². The van der Waals surface area contributed by atoms with Gasteiger partial charge in [0.15, 0.2) is 5.75 Å². The topological polar surface area (TPSA) is 50.4 Å². The molecule has 1 aromatic carbocycles. The minimum atomic E-state index is -3.08. The van der Waals surface area contributed by atoms with Crippen LogP contribution in [0.1, 0.15) is 19.3 Å². The summed E-state index contributed by atoms with van der Waals surface area (Å²) in [5.74, 6) is -1.42. The first-order valence-corrected chi connectivity index (χ1v) is 6.32. The van der Waals surface area contributed by atoms with Crippen molar-refractivity contribution in [1.29, 1.82) is 0 Å². The van der Waals surface area contributed by atoms with Crippen LogP contribution in [-0.2, 0) is 4.79 Å². The van der Waals surface area contributed by atoms with E-state index in [1.165, 1.54) is 6.07 Å². The molecule has 2 N–H and O–H groups in total. The molecule has 1 heterocycles. The number of carbonyl (C=O) groups excluding carboxylic acids is 1. The summed E-state index contributed by atoms with van der Waals surface area (Å²) >= 11 is 0. The van der Waals surface area contributed by atoms with Crippen LogP contribution in [0.5, 0.6) is 5.75 Å². The number of amides is 1. The van der Waals surface area contributed by atoms with E-state index in [-0.39, 0.29) is 29.8 Å². The minimum Gasteiger partial charge on any atom is -0.432 e. The average molecular weight is 288 g/mol. The molecule has 1 aliphatic rings. The number of halogens is 3. The van der Waals surface area contributed by atoms with Gasteiger partial charge in [0.1, 0.15) is 5.82 Å². The number of hydrogen-bond donors (Lipinski definition) is 2. The summed E-state index contributed by atoms with van der Waals surface area (Å²) in [5.41, 5.74) is 0.0368. The molecule has 1 atom stereocenters. The Balaban J connectivity index is 2.01. The molecule has 1 saturated heterocycles. The molecule has 0 spiro atoms. The third-order valence-electron chi connectivity index (χ3n) is 3.03. The van der Waals surface area contributed by atoms with Crippen molar-refractivity contribution in [3.8, 4) is 5.75 Å². The van der Waals surface area contributed by atoms with E-state index in [1.54, 1.807) is 0 Å². The maximum atomic E-state index is 13.0. The number of alkyl halides is 2. The van der Waals surface area contributed by atoms with Gasteiger partial charge >= 0.3 is 6.61 Å². The van der Waals surface area contributed by atoms with Crippen molar-refractivity contribution in [2.45, 2.75) is 31.9 Å². The van der Waals surface area contributed by atoms with Crippen molar-refractivity contribution in [3.63, 3.8) is 0 Å². The summed E-state index contributed by atoms with van der Waals surface area (Å²) in [6.45, 7) is -2.21. The molecule has 1 aromatic rings. The first-order valence-electron chi connectivity index (χ1n) is 6.32. The van der Waals surface area contributed by atoms with Gasteiger partial charge in [-0.2, -0.15) is 8.78 Å². The van der Waals surface area contributed by atoms with Crippen molar-refractivity contribution in [2.24, 2.45) is 0 Å². The van der Waals surface area contributed by atoms with Crippen LogP contribution in [0, 0.1) is 5.82 Å². The van der Waals surface area contributed by atoms with E-state index in [4.69, 9.17) is 0 Å². The Hall–Kier alpha value is -1.76. The summed E-state index contributed by atoms with van der Waals surface area (Å²) in [6, 6.07) is 3.18. The SMILES string of the molecule is O=C(CC1CCCN1)Nc1ccc(F)cc1OC(F)F. The molecule has 1 unspecified atom stereocenters. The standard InChI is InChI=1S/C13H15F3N2O2/c14-8-3-4-10(11(6-8)20-13(15)16)18-12(19)7-9-2-1-5-17-9/h3-4,6,9,13,17H,1-2,5,7H2,(H,18,19). The molecule has 1 amide bonds. The molecule has 0 aromatic heterocycles. The predicted octanol–water partition coefficient (Wildman–Crippen LogP) is 2.51. The maximum absolute atomic E-state index is 13.0. The van der Waals surface area contributed by atoms with Crippen molar-refractivity contribution < 1.29 is 22.7 Å². The minimum absolute atomic E-state index is 0.0368. The maximum Gasteiger partial charge on any atom is 0.387 e.